The van der Waals surface area contributed by atoms with E-state index in [-0.39, 0.29) is 5.75 Å². The molecule has 1 aliphatic carbocycles. The summed E-state index contributed by atoms with van der Waals surface area (Å²) in [7, 11) is 0. The third kappa shape index (κ3) is 5.15. The Kier molecular flexibility index (Phi) is 8.47. The van der Waals surface area contributed by atoms with Gasteiger partial charge in [0.2, 0.25) is 5.78 Å². The molecule has 234 valence electrons. The number of aliphatic hydroxyl groups excluding tert-OH is 8. The Balaban J connectivity index is 1.58. The molecule has 43 heavy (non-hydrogen) atoms. The third-order valence-electron chi connectivity index (χ3n) is 7.69. The number of hydrogen-bond donors (Lipinski definition) is 10. The first-order chi connectivity index (χ1) is 20.3. The average molecular weight is 611 g/mol. The van der Waals surface area contributed by atoms with Crippen molar-refractivity contribution in [1.29, 1.82) is 0 Å². The maximum absolute atomic E-state index is 13.8. The second-order valence-corrected chi connectivity index (χ2v) is 10.4. The van der Waals surface area contributed by atoms with Gasteiger partial charge in [0.05, 0.1) is 18.8 Å². The van der Waals surface area contributed by atoms with Crippen LogP contribution in [0.2, 0.25) is 0 Å². The molecule has 0 radical (unpaired) electrons. The first-order valence-corrected chi connectivity index (χ1v) is 13.1. The fraction of sp³-hybridized carbons (Fsp3) is 0.481. The number of phenols is 1. The molecular formula is C27H30O16. The smallest absolute Gasteiger partial charge is 0.294 e. The lowest BCUT2D eigenvalue weighted by Crippen LogP contribution is -2.62. The molecule has 0 bridgehead atoms. The van der Waals surface area contributed by atoms with E-state index in [0.717, 1.165) is 6.08 Å². The molecule has 1 aromatic rings. The molecule has 0 saturated carbocycles. The van der Waals surface area contributed by atoms with Crippen LogP contribution in [-0.4, -0.2) is 143 Å². The number of phenolic OH excluding ortho intramolecular Hbond substituents is 1. The van der Waals surface area contributed by atoms with Gasteiger partial charge in [0.1, 0.15) is 65.9 Å². The second-order valence-electron chi connectivity index (χ2n) is 10.4. The minimum Gasteiger partial charge on any atom is -0.508 e. The summed E-state index contributed by atoms with van der Waals surface area (Å²) in [6.07, 6.45) is -15.7. The molecule has 5 rings (SSSR count). The number of ketones is 2. The lowest BCUT2D eigenvalue weighted by molar-refractivity contribution is -0.349. The zero-order chi connectivity index (χ0) is 31.4. The summed E-state index contributed by atoms with van der Waals surface area (Å²) in [6.45, 7) is -1.70. The quantitative estimate of drug-likeness (QED) is 0.0800. The number of hydrogen-bond acceptors (Lipinski definition) is 16. The van der Waals surface area contributed by atoms with Crippen LogP contribution in [0.4, 0.5) is 0 Å². The molecule has 0 unspecified atom stereocenters. The van der Waals surface area contributed by atoms with Crippen molar-refractivity contribution in [3.8, 4) is 5.75 Å². The van der Waals surface area contributed by atoms with Crippen LogP contribution in [0.3, 0.4) is 0 Å². The van der Waals surface area contributed by atoms with Crippen molar-refractivity contribution in [3.63, 3.8) is 0 Å². The monoisotopic (exact) mass is 610 g/mol. The van der Waals surface area contributed by atoms with Crippen molar-refractivity contribution in [2.75, 3.05) is 13.2 Å². The highest BCUT2D eigenvalue weighted by molar-refractivity contribution is 6.28. The largest absolute Gasteiger partial charge is 0.508 e. The van der Waals surface area contributed by atoms with E-state index in [2.05, 4.69) is 0 Å². The Labute approximate surface area is 242 Å². The maximum Gasteiger partial charge on any atom is 0.294 e. The van der Waals surface area contributed by atoms with Gasteiger partial charge < -0.3 is 70.0 Å². The van der Waals surface area contributed by atoms with Gasteiger partial charge in [-0.25, -0.2) is 0 Å². The molecule has 4 aliphatic rings. The van der Waals surface area contributed by atoms with E-state index in [1.165, 1.54) is 30.3 Å². The molecule has 16 nitrogen and oxygen atoms in total. The fourth-order valence-electron chi connectivity index (χ4n) is 5.31. The standard InChI is InChI=1S/C27H30O16/c28-7-12-17(33)20(36)23-22(40-12)15-18(34)14(11(31)6-3-9-1-4-10(30)5-2-9)24(38)27(39,25(15)42-23)43-26-21(37)19(35)16(32)13(8-29)41-26/h1-6,12-13,16-17,19-23,26,28-30,32-37,39H,7-8H2/b6-3+/t12-,13-,16-,17+,19+,20-,21-,22+,23-,26+,27+/m1/s1. The van der Waals surface area contributed by atoms with Gasteiger partial charge in [-0.1, -0.05) is 18.2 Å². The predicted molar refractivity (Wildman–Crippen MR) is 136 cm³/mol. The SMILES string of the molecule is O=C(/C=C/c1ccc(O)cc1)C1=C(O)C2=C(O[C@@H]3[C@H](O)[C@@H](O)[C@@H](CO)O[C@@H]23)[C@@](O)(O[C@@H]2O[C@H](CO)[C@@H](O)[C@H](O)[C@H]2O)C1=O. The highest BCUT2D eigenvalue weighted by Crippen LogP contribution is 2.48. The maximum atomic E-state index is 13.8. The Bertz CT molecular complexity index is 1350. The highest BCUT2D eigenvalue weighted by Gasteiger charge is 2.64. The summed E-state index contributed by atoms with van der Waals surface area (Å²) in [5.74, 6) is -8.23. The highest BCUT2D eigenvalue weighted by atomic mass is 16.8. The van der Waals surface area contributed by atoms with Crippen molar-refractivity contribution in [2.45, 2.75) is 67.0 Å². The number of ether oxygens (including phenoxy) is 4. The van der Waals surface area contributed by atoms with E-state index < -0.39 is 114 Å². The van der Waals surface area contributed by atoms with E-state index >= 15 is 0 Å². The minimum atomic E-state index is -3.41. The van der Waals surface area contributed by atoms with Crippen molar-refractivity contribution >= 4 is 17.6 Å². The number of Topliss-reactive ketones (excluding diaryl/α,β-unsaturated/α-hetero) is 1. The van der Waals surface area contributed by atoms with Crippen molar-refractivity contribution in [2.24, 2.45) is 0 Å². The summed E-state index contributed by atoms with van der Waals surface area (Å²) in [5, 5.41) is 103. The van der Waals surface area contributed by atoms with E-state index in [4.69, 9.17) is 18.9 Å². The summed E-state index contributed by atoms with van der Waals surface area (Å²) >= 11 is 0. The van der Waals surface area contributed by atoms with Gasteiger partial charge in [-0.2, -0.15) is 0 Å². The molecule has 0 amide bonds. The number of carbonyl (C=O) groups is 2. The first kappa shape index (κ1) is 31.2. The number of aliphatic hydroxyl groups is 9. The topological polar surface area (TPSA) is 273 Å². The van der Waals surface area contributed by atoms with Gasteiger partial charge in [0, 0.05) is 0 Å². The van der Waals surface area contributed by atoms with Crippen LogP contribution in [0.1, 0.15) is 5.56 Å². The number of allylic oxidation sites excluding steroid dienone is 1. The van der Waals surface area contributed by atoms with Crippen LogP contribution >= 0.6 is 0 Å². The van der Waals surface area contributed by atoms with Gasteiger partial charge in [-0.05, 0) is 23.8 Å². The number of fused-ring (bicyclic) bond motifs is 2. The molecule has 1 aromatic carbocycles. The molecule has 0 spiro atoms. The fourth-order valence-corrected chi connectivity index (χ4v) is 5.31. The molecule has 3 aliphatic heterocycles. The Hall–Kier alpha value is -3.26. The summed E-state index contributed by atoms with van der Waals surface area (Å²) in [4.78, 5) is 27.1. The third-order valence-corrected chi connectivity index (χ3v) is 7.69. The first-order valence-electron chi connectivity index (χ1n) is 13.1. The molecule has 3 heterocycles. The summed E-state index contributed by atoms with van der Waals surface area (Å²) in [6, 6.07) is 5.51. The molecule has 0 aromatic heterocycles. The average Bonchev–Trinajstić information content (AvgIpc) is 3.39. The molecule has 10 N–H and O–H groups in total. The lowest BCUT2D eigenvalue weighted by Gasteiger charge is -2.43. The van der Waals surface area contributed by atoms with E-state index in [1.54, 1.807) is 0 Å². The van der Waals surface area contributed by atoms with Crippen LogP contribution in [0.25, 0.3) is 6.08 Å². The Morgan fingerprint density at radius 3 is 2.12 bits per heavy atom. The van der Waals surface area contributed by atoms with Crippen LogP contribution in [0.15, 0.2) is 53.0 Å². The lowest BCUT2D eigenvalue weighted by atomic mass is 9.83. The number of aromatic hydroxyl groups is 1. The molecule has 2 fully saturated rings. The number of rotatable bonds is 7. The van der Waals surface area contributed by atoms with Crippen molar-refractivity contribution in [1.82, 2.24) is 0 Å². The van der Waals surface area contributed by atoms with Gasteiger partial charge in [-0.3, -0.25) is 9.59 Å². The van der Waals surface area contributed by atoms with Gasteiger partial charge in [0.15, 0.2) is 23.9 Å². The van der Waals surface area contributed by atoms with Crippen LogP contribution in [0.5, 0.6) is 5.75 Å². The van der Waals surface area contributed by atoms with E-state index in [9.17, 15) is 60.7 Å². The Morgan fingerprint density at radius 2 is 1.49 bits per heavy atom. The normalized spacial score (nSPS) is 39.6. The zero-order valence-electron chi connectivity index (χ0n) is 22.1. The van der Waals surface area contributed by atoms with Crippen molar-refractivity contribution < 1.29 is 79.6 Å². The zero-order valence-corrected chi connectivity index (χ0v) is 22.1. The molecular weight excluding hydrogens is 580 g/mol. The minimum absolute atomic E-state index is 0.0575. The number of benzene rings is 1. The summed E-state index contributed by atoms with van der Waals surface area (Å²) < 4.78 is 21.8. The summed E-state index contributed by atoms with van der Waals surface area (Å²) in [5.41, 5.74) is -1.23. The van der Waals surface area contributed by atoms with Crippen LogP contribution in [-0.2, 0) is 28.5 Å². The predicted octanol–water partition coefficient (Wildman–Crippen LogP) is -3.99. The van der Waals surface area contributed by atoms with Gasteiger partial charge >= 0.3 is 0 Å². The Morgan fingerprint density at radius 1 is 0.884 bits per heavy atom. The van der Waals surface area contributed by atoms with Gasteiger partial charge in [0.25, 0.3) is 5.79 Å². The van der Waals surface area contributed by atoms with Crippen molar-refractivity contribution in [3.05, 3.63) is 58.6 Å². The molecule has 16 heteroatoms. The molecule has 11 atom stereocenters. The van der Waals surface area contributed by atoms with Gasteiger partial charge in [-0.15, -0.1) is 0 Å². The van der Waals surface area contributed by atoms with E-state index in [1.807, 2.05) is 0 Å². The second kappa shape index (κ2) is 11.7. The molecule has 2 saturated heterocycles. The number of carbonyl (C=O) groups excluding carboxylic acids is 2. The van der Waals surface area contributed by atoms with Crippen LogP contribution < -0.4 is 0 Å². The van der Waals surface area contributed by atoms with Crippen LogP contribution in [0, 0.1) is 0 Å². The van der Waals surface area contributed by atoms with E-state index in [0.29, 0.717) is 5.56 Å².